The number of hydrogen-bond acceptors (Lipinski definition) is 6. The van der Waals surface area contributed by atoms with Crippen molar-refractivity contribution in [1.82, 2.24) is 15.1 Å². The molecule has 2 fully saturated rings. The Morgan fingerprint density at radius 3 is 2.49 bits per heavy atom. The van der Waals surface area contributed by atoms with Crippen LogP contribution in [0.3, 0.4) is 0 Å². The standard InChI is InChI=1S/C25H29N3O6S/c1-25(14-19-10-6-7-11-21(19)34-2)23(30)28(24(31)26-25)16-22(29)27(15-18-8-4-3-5-9-18)20-12-13-35(32,33)17-20/h3-11,20H,12-17H2,1-2H3,(H,26,31)/t20-,25-/m1/s1. The van der Waals surface area contributed by atoms with Gasteiger partial charge in [-0.15, -0.1) is 0 Å². The Morgan fingerprint density at radius 2 is 1.83 bits per heavy atom. The third-order valence-corrected chi connectivity index (χ3v) is 8.29. The second kappa shape index (κ2) is 9.69. The number of carbonyl (C=O) groups is 3. The number of imide groups is 1. The molecule has 0 saturated carbocycles. The van der Waals surface area contributed by atoms with Crippen LogP contribution < -0.4 is 10.1 Å². The van der Waals surface area contributed by atoms with E-state index in [0.29, 0.717) is 12.2 Å². The van der Waals surface area contributed by atoms with Gasteiger partial charge in [0.1, 0.15) is 17.8 Å². The van der Waals surface area contributed by atoms with Gasteiger partial charge in [0, 0.05) is 19.0 Å². The molecule has 0 aromatic heterocycles. The van der Waals surface area contributed by atoms with Gasteiger partial charge in [-0.1, -0.05) is 48.5 Å². The summed E-state index contributed by atoms with van der Waals surface area (Å²) < 4.78 is 29.6. The maximum Gasteiger partial charge on any atom is 0.325 e. The van der Waals surface area contributed by atoms with Gasteiger partial charge >= 0.3 is 6.03 Å². The minimum Gasteiger partial charge on any atom is -0.496 e. The molecule has 2 aliphatic heterocycles. The molecule has 4 amide bonds. The molecule has 2 aromatic carbocycles. The molecule has 35 heavy (non-hydrogen) atoms. The molecule has 2 atom stereocenters. The van der Waals surface area contributed by atoms with Gasteiger partial charge in [-0.05, 0) is 30.5 Å². The zero-order chi connectivity index (χ0) is 25.2. The number of ether oxygens (including phenoxy) is 1. The Balaban J connectivity index is 1.53. The van der Waals surface area contributed by atoms with Gasteiger partial charge < -0.3 is 15.0 Å². The van der Waals surface area contributed by atoms with Crippen LogP contribution in [-0.4, -0.2) is 72.8 Å². The first-order valence-electron chi connectivity index (χ1n) is 11.4. The molecule has 0 unspecified atom stereocenters. The Hall–Kier alpha value is -3.40. The molecule has 0 spiro atoms. The fraction of sp³-hybridized carbons (Fsp3) is 0.400. The fourth-order valence-corrected chi connectivity index (χ4v) is 6.42. The molecule has 9 nitrogen and oxygen atoms in total. The molecule has 2 saturated heterocycles. The molecular weight excluding hydrogens is 470 g/mol. The van der Waals surface area contributed by atoms with Crippen LogP contribution in [0.1, 0.15) is 24.5 Å². The number of benzene rings is 2. The Morgan fingerprint density at radius 1 is 1.14 bits per heavy atom. The topological polar surface area (TPSA) is 113 Å². The summed E-state index contributed by atoms with van der Waals surface area (Å²) in [6, 6.07) is 15.3. The summed E-state index contributed by atoms with van der Waals surface area (Å²) in [7, 11) is -1.71. The van der Waals surface area contributed by atoms with Crippen molar-refractivity contribution in [3.8, 4) is 5.75 Å². The molecule has 0 bridgehead atoms. The number of hydrogen-bond donors (Lipinski definition) is 1. The SMILES string of the molecule is COc1ccccc1C[C@@]1(C)NC(=O)N(CC(=O)N(Cc2ccccc2)[C@@H]2CCS(=O)(=O)C2)C1=O. The van der Waals surface area contributed by atoms with Crippen LogP contribution in [0.5, 0.6) is 5.75 Å². The summed E-state index contributed by atoms with van der Waals surface area (Å²) >= 11 is 0. The van der Waals surface area contributed by atoms with Crippen LogP contribution in [0.15, 0.2) is 54.6 Å². The van der Waals surface area contributed by atoms with E-state index in [-0.39, 0.29) is 24.5 Å². The summed E-state index contributed by atoms with van der Waals surface area (Å²) in [5, 5.41) is 2.72. The van der Waals surface area contributed by atoms with Gasteiger partial charge in [0.2, 0.25) is 5.91 Å². The van der Waals surface area contributed by atoms with Crippen molar-refractivity contribution < 1.29 is 27.5 Å². The first kappa shape index (κ1) is 24.7. The second-order valence-electron chi connectivity index (χ2n) is 9.21. The monoisotopic (exact) mass is 499 g/mol. The van der Waals surface area contributed by atoms with Crippen molar-refractivity contribution in [3.05, 3.63) is 65.7 Å². The number of carbonyl (C=O) groups excluding carboxylic acids is 3. The normalized spacial score (nSPS) is 23.3. The lowest BCUT2D eigenvalue weighted by Crippen LogP contribution is -2.49. The number of methoxy groups -OCH3 is 1. The minimum atomic E-state index is -3.24. The van der Waals surface area contributed by atoms with Crippen molar-refractivity contribution in [2.75, 3.05) is 25.2 Å². The number of rotatable bonds is 8. The van der Waals surface area contributed by atoms with Crippen LogP contribution in [0.25, 0.3) is 0 Å². The zero-order valence-electron chi connectivity index (χ0n) is 19.8. The molecule has 2 heterocycles. The van der Waals surface area contributed by atoms with E-state index in [1.54, 1.807) is 13.0 Å². The van der Waals surface area contributed by atoms with E-state index >= 15 is 0 Å². The summed E-state index contributed by atoms with van der Waals surface area (Å²) in [4.78, 5) is 41.9. The predicted molar refractivity (Wildman–Crippen MR) is 129 cm³/mol. The Bertz CT molecular complexity index is 1230. The number of amides is 4. The lowest BCUT2D eigenvalue weighted by atomic mass is 9.92. The number of nitrogens with one attached hydrogen (secondary N) is 1. The molecule has 1 N–H and O–H groups in total. The lowest BCUT2D eigenvalue weighted by Gasteiger charge is -2.30. The summed E-state index contributed by atoms with van der Waals surface area (Å²) in [5.74, 6) is -0.503. The molecule has 2 aliphatic rings. The van der Waals surface area contributed by atoms with Gasteiger partial charge in [-0.2, -0.15) is 0 Å². The largest absolute Gasteiger partial charge is 0.496 e. The molecular formula is C25H29N3O6S. The lowest BCUT2D eigenvalue weighted by molar-refractivity contribution is -0.140. The molecule has 186 valence electrons. The minimum absolute atomic E-state index is 0.0103. The van der Waals surface area contributed by atoms with Crippen LogP contribution in [-0.2, 0) is 32.4 Å². The molecule has 0 radical (unpaired) electrons. The highest BCUT2D eigenvalue weighted by Crippen LogP contribution is 2.28. The van der Waals surface area contributed by atoms with Crippen LogP contribution in [0.4, 0.5) is 4.79 Å². The van der Waals surface area contributed by atoms with Gasteiger partial charge in [0.15, 0.2) is 9.84 Å². The summed E-state index contributed by atoms with van der Waals surface area (Å²) in [6.07, 6.45) is 0.521. The summed E-state index contributed by atoms with van der Waals surface area (Å²) in [5.41, 5.74) is 0.344. The Kier molecular flexibility index (Phi) is 6.84. The average molecular weight is 500 g/mol. The first-order chi connectivity index (χ1) is 16.6. The highest BCUT2D eigenvalue weighted by Gasteiger charge is 2.49. The predicted octanol–water partition coefficient (Wildman–Crippen LogP) is 1.76. The van der Waals surface area contributed by atoms with Crippen molar-refractivity contribution >= 4 is 27.7 Å². The molecule has 4 rings (SSSR count). The number of nitrogens with zero attached hydrogens (tertiary/aromatic N) is 2. The van der Waals surface area contributed by atoms with Crippen LogP contribution >= 0.6 is 0 Å². The third-order valence-electron chi connectivity index (χ3n) is 6.54. The van der Waals surface area contributed by atoms with Gasteiger partial charge in [0.05, 0.1) is 18.6 Å². The highest BCUT2D eigenvalue weighted by molar-refractivity contribution is 7.91. The summed E-state index contributed by atoms with van der Waals surface area (Å²) in [6.45, 7) is 1.35. The molecule has 0 aliphatic carbocycles. The van der Waals surface area contributed by atoms with E-state index < -0.39 is 45.8 Å². The molecule has 2 aromatic rings. The maximum atomic E-state index is 13.4. The fourth-order valence-electron chi connectivity index (χ4n) is 4.69. The van der Waals surface area contributed by atoms with E-state index in [4.69, 9.17) is 4.74 Å². The van der Waals surface area contributed by atoms with E-state index in [1.807, 2.05) is 48.5 Å². The van der Waals surface area contributed by atoms with E-state index in [0.717, 1.165) is 16.0 Å². The smallest absolute Gasteiger partial charge is 0.325 e. The van der Waals surface area contributed by atoms with Gasteiger partial charge in [-0.25, -0.2) is 13.2 Å². The van der Waals surface area contributed by atoms with Gasteiger partial charge in [0.25, 0.3) is 5.91 Å². The Labute approximate surface area is 205 Å². The zero-order valence-corrected chi connectivity index (χ0v) is 20.6. The van der Waals surface area contributed by atoms with Crippen molar-refractivity contribution in [2.45, 2.75) is 37.9 Å². The van der Waals surface area contributed by atoms with E-state index in [1.165, 1.54) is 12.0 Å². The number of para-hydroxylation sites is 1. The average Bonchev–Trinajstić information content (AvgIpc) is 3.29. The number of sulfone groups is 1. The highest BCUT2D eigenvalue weighted by atomic mass is 32.2. The van der Waals surface area contributed by atoms with Crippen molar-refractivity contribution in [2.24, 2.45) is 0 Å². The van der Waals surface area contributed by atoms with Crippen molar-refractivity contribution in [3.63, 3.8) is 0 Å². The van der Waals surface area contributed by atoms with Crippen LogP contribution in [0.2, 0.25) is 0 Å². The molecule has 10 heteroatoms. The van der Waals surface area contributed by atoms with Crippen molar-refractivity contribution in [1.29, 1.82) is 0 Å². The third kappa shape index (κ3) is 5.32. The quantitative estimate of drug-likeness (QED) is 0.554. The number of urea groups is 1. The van der Waals surface area contributed by atoms with Gasteiger partial charge in [-0.3, -0.25) is 14.5 Å². The van der Waals surface area contributed by atoms with E-state index in [2.05, 4.69) is 5.32 Å². The van der Waals surface area contributed by atoms with E-state index in [9.17, 15) is 22.8 Å². The second-order valence-corrected chi connectivity index (χ2v) is 11.4. The van der Waals surface area contributed by atoms with Crippen LogP contribution in [0, 0.1) is 0 Å². The first-order valence-corrected chi connectivity index (χ1v) is 13.2. The maximum absolute atomic E-state index is 13.4.